The topological polar surface area (TPSA) is 87.6 Å². The van der Waals surface area contributed by atoms with Crippen LogP contribution in [0.1, 0.15) is 22.8 Å². The smallest absolute Gasteiger partial charge is 0.271 e. The highest BCUT2D eigenvalue weighted by molar-refractivity contribution is 6.32. The Labute approximate surface area is 174 Å². The molecule has 1 N–H and O–H groups in total. The van der Waals surface area contributed by atoms with Crippen LogP contribution in [0.25, 0.3) is 0 Å². The number of carbonyl (C=O) groups excluding carboxylic acids is 1. The number of benzene rings is 2. The highest BCUT2D eigenvalue weighted by Crippen LogP contribution is 2.38. The van der Waals surface area contributed by atoms with Gasteiger partial charge in [0.2, 0.25) is 5.75 Å². The minimum atomic E-state index is -0.454. The van der Waals surface area contributed by atoms with Gasteiger partial charge in [-0.15, -0.1) is 0 Å². The van der Waals surface area contributed by atoms with Crippen molar-refractivity contribution in [2.45, 2.75) is 6.92 Å². The third kappa shape index (κ3) is 5.23. The van der Waals surface area contributed by atoms with E-state index in [1.165, 1.54) is 46.8 Å². The fourth-order valence-corrected chi connectivity index (χ4v) is 2.86. The summed E-state index contributed by atoms with van der Waals surface area (Å²) in [7, 11) is 5.94. The number of carbonyl (C=O) groups is 1. The normalized spacial score (nSPS) is 10.6. The maximum Gasteiger partial charge on any atom is 0.271 e. The second kappa shape index (κ2) is 10.4. The molecule has 2 rings (SSSR count). The molecule has 0 saturated carbocycles. The van der Waals surface area contributed by atoms with E-state index in [0.717, 1.165) is 0 Å². The zero-order valence-electron chi connectivity index (χ0n) is 16.9. The zero-order chi connectivity index (χ0) is 21.4. The Morgan fingerprint density at radius 2 is 1.59 bits per heavy atom. The van der Waals surface area contributed by atoms with Crippen molar-refractivity contribution in [1.29, 1.82) is 0 Å². The molecule has 156 valence electrons. The van der Waals surface area contributed by atoms with Gasteiger partial charge in [-0.05, 0) is 36.8 Å². The van der Waals surface area contributed by atoms with Crippen molar-refractivity contribution in [1.82, 2.24) is 5.43 Å². The number of hydrazone groups is 1. The molecule has 0 aromatic heterocycles. The minimum absolute atomic E-state index is 0.291. The molecule has 0 radical (unpaired) electrons. The lowest BCUT2D eigenvalue weighted by Crippen LogP contribution is -2.18. The molecule has 0 aliphatic carbocycles. The second-order valence-electron chi connectivity index (χ2n) is 5.58. The molecule has 0 aliphatic heterocycles. The lowest BCUT2D eigenvalue weighted by molar-refractivity contribution is 0.0954. The van der Waals surface area contributed by atoms with Crippen LogP contribution in [0.3, 0.4) is 0 Å². The molecule has 9 heteroatoms. The van der Waals surface area contributed by atoms with Crippen LogP contribution in [0.4, 0.5) is 0 Å². The molecule has 8 nitrogen and oxygen atoms in total. The summed E-state index contributed by atoms with van der Waals surface area (Å²) in [4.78, 5) is 12.5. The van der Waals surface area contributed by atoms with Crippen molar-refractivity contribution in [2.24, 2.45) is 5.10 Å². The Morgan fingerprint density at radius 1 is 0.966 bits per heavy atom. The fourth-order valence-electron chi connectivity index (χ4n) is 2.57. The molecular formula is C20H23ClN2O6. The Balaban J connectivity index is 2.22. The Morgan fingerprint density at radius 3 is 2.10 bits per heavy atom. The lowest BCUT2D eigenvalue weighted by Gasteiger charge is -2.13. The van der Waals surface area contributed by atoms with Gasteiger partial charge in [0.15, 0.2) is 23.0 Å². The van der Waals surface area contributed by atoms with Gasteiger partial charge in [0.25, 0.3) is 5.91 Å². The highest BCUT2D eigenvalue weighted by Gasteiger charge is 2.17. The summed E-state index contributed by atoms with van der Waals surface area (Å²) < 4.78 is 26.5. The quantitative estimate of drug-likeness (QED) is 0.491. The monoisotopic (exact) mass is 422 g/mol. The Bertz CT molecular complexity index is 876. The molecule has 0 atom stereocenters. The number of amides is 1. The summed E-state index contributed by atoms with van der Waals surface area (Å²) in [5.74, 6) is 1.59. The number of rotatable bonds is 9. The third-order valence-corrected chi connectivity index (χ3v) is 4.12. The summed E-state index contributed by atoms with van der Waals surface area (Å²) in [6.45, 7) is 2.30. The molecule has 2 aromatic rings. The van der Waals surface area contributed by atoms with Gasteiger partial charge in [-0.3, -0.25) is 4.79 Å². The van der Waals surface area contributed by atoms with Gasteiger partial charge in [0, 0.05) is 5.56 Å². The molecular weight excluding hydrogens is 400 g/mol. The molecule has 0 fully saturated rings. The number of nitrogens with zero attached hydrogens (tertiary/aromatic N) is 1. The molecule has 0 unspecified atom stereocenters. The van der Waals surface area contributed by atoms with Crippen LogP contribution in [-0.4, -0.2) is 47.2 Å². The van der Waals surface area contributed by atoms with Crippen molar-refractivity contribution in [3.63, 3.8) is 0 Å². The number of halogens is 1. The number of nitrogens with one attached hydrogen (secondary N) is 1. The SMILES string of the molecule is CCOc1cc(/C=N\NC(=O)c2cc(OC)c(OC)c(OC)c2)cc(Cl)c1OC. The molecule has 0 heterocycles. The van der Waals surface area contributed by atoms with Gasteiger partial charge in [-0.2, -0.15) is 5.10 Å². The van der Waals surface area contributed by atoms with Crippen LogP contribution >= 0.6 is 11.6 Å². The first kappa shape index (κ1) is 22.2. The van der Waals surface area contributed by atoms with Crippen LogP contribution in [0, 0.1) is 0 Å². The van der Waals surface area contributed by atoms with E-state index in [0.29, 0.717) is 51.5 Å². The summed E-state index contributed by atoms with van der Waals surface area (Å²) in [5.41, 5.74) is 3.37. The van der Waals surface area contributed by atoms with Gasteiger partial charge < -0.3 is 23.7 Å². The van der Waals surface area contributed by atoms with Gasteiger partial charge >= 0.3 is 0 Å². The van der Waals surface area contributed by atoms with E-state index in [1.54, 1.807) is 12.1 Å². The van der Waals surface area contributed by atoms with Crippen LogP contribution in [0.2, 0.25) is 5.02 Å². The molecule has 0 spiro atoms. The second-order valence-corrected chi connectivity index (χ2v) is 5.99. The van der Waals surface area contributed by atoms with Gasteiger partial charge in [0.05, 0.1) is 46.3 Å². The van der Waals surface area contributed by atoms with E-state index >= 15 is 0 Å². The van der Waals surface area contributed by atoms with Crippen LogP contribution in [0.15, 0.2) is 29.4 Å². The summed E-state index contributed by atoms with van der Waals surface area (Å²) in [6.07, 6.45) is 1.45. The van der Waals surface area contributed by atoms with Crippen molar-refractivity contribution in [2.75, 3.05) is 35.0 Å². The Hall–Kier alpha value is -3.13. The van der Waals surface area contributed by atoms with E-state index in [-0.39, 0.29) is 0 Å². The minimum Gasteiger partial charge on any atom is -0.493 e. The summed E-state index contributed by atoms with van der Waals surface area (Å²) >= 11 is 6.21. The summed E-state index contributed by atoms with van der Waals surface area (Å²) in [5, 5.41) is 4.35. The van der Waals surface area contributed by atoms with Gasteiger partial charge in [-0.25, -0.2) is 5.43 Å². The first-order valence-electron chi connectivity index (χ1n) is 8.62. The maximum atomic E-state index is 12.5. The van der Waals surface area contributed by atoms with Crippen molar-refractivity contribution in [3.8, 4) is 28.7 Å². The lowest BCUT2D eigenvalue weighted by atomic mass is 10.1. The van der Waals surface area contributed by atoms with E-state index in [9.17, 15) is 4.79 Å². The predicted octanol–water partition coefficient (Wildman–Crippen LogP) is 3.54. The number of hydrogen-bond acceptors (Lipinski definition) is 7. The average molecular weight is 423 g/mol. The summed E-state index contributed by atoms with van der Waals surface area (Å²) in [6, 6.07) is 6.43. The maximum absolute atomic E-state index is 12.5. The first-order valence-corrected chi connectivity index (χ1v) is 9.00. The van der Waals surface area contributed by atoms with Gasteiger partial charge in [0.1, 0.15) is 0 Å². The van der Waals surface area contributed by atoms with Crippen molar-refractivity contribution >= 4 is 23.7 Å². The molecule has 1 amide bonds. The average Bonchev–Trinajstić information content (AvgIpc) is 2.72. The Kier molecular flexibility index (Phi) is 7.97. The molecule has 0 aliphatic rings. The standard InChI is InChI=1S/C20H23ClN2O6/c1-6-29-17-8-12(7-14(21)18(17)27-4)11-22-23-20(24)13-9-15(25-2)19(28-5)16(10-13)26-3/h7-11H,6H2,1-5H3,(H,23,24)/b22-11-. The van der Waals surface area contributed by atoms with Gasteiger partial charge in [-0.1, -0.05) is 11.6 Å². The molecule has 0 bridgehead atoms. The number of methoxy groups -OCH3 is 4. The van der Waals surface area contributed by atoms with Crippen molar-refractivity contribution < 1.29 is 28.5 Å². The van der Waals surface area contributed by atoms with Crippen LogP contribution in [-0.2, 0) is 0 Å². The largest absolute Gasteiger partial charge is 0.493 e. The first-order chi connectivity index (χ1) is 14.0. The molecule has 0 saturated heterocycles. The van der Waals surface area contributed by atoms with E-state index < -0.39 is 5.91 Å². The van der Waals surface area contributed by atoms with Crippen LogP contribution < -0.4 is 29.1 Å². The zero-order valence-corrected chi connectivity index (χ0v) is 17.6. The number of hydrogen-bond donors (Lipinski definition) is 1. The number of ether oxygens (including phenoxy) is 5. The van der Waals surface area contributed by atoms with E-state index in [1.807, 2.05) is 6.92 Å². The van der Waals surface area contributed by atoms with E-state index in [4.69, 9.17) is 35.3 Å². The van der Waals surface area contributed by atoms with E-state index in [2.05, 4.69) is 10.5 Å². The van der Waals surface area contributed by atoms with Crippen molar-refractivity contribution in [3.05, 3.63) is 40.4 Å². The fraction of sp³-hybridized carbons (Fsp3) is 0.300. The molecule has 29 heavy (non-hydrogen) atoms. The highest BCUT2D eigenvalue weighted by atomic mass is 35.5. The third-order valence-electron chi connectivity index (χ3n) is 3.84. The molecule has 2 aromatic carbocycles. The van der Waals surface area contributed by atoms with Crippen LogP contribution in [0.5, 0.6) is 28.7 Å². The predicted molar refractivity (Wildman–Crippen MR) is 110 cm³/mol.